The molecular weight excluding hydrogens is 335 g/mol. The van der Waals surface area contributed by atoms with Crippen molar-refractivity contribution in [2.24, 2.45) is 0 Å². The zero-order chi connectivity index (χ0) is 16.6. The van der Waals surface area contributed by atoms with Gasteiger partial charge >= 0.3 is 0 Å². The van der Waals surface area contributed by atoms with Gasteiger partial charge in [-0.05, 0) is 37.7 Å². The van der Waals surface area contributed by atoms with E-state index < -0.39 is 15.7 Å². The molecule has 1 aromatic carbocycles. The van der Waals surface area contributed by atoms with Gasteiger partial charge in [0.1, 0.15) is 15.5 Å². The molecule has 0 spiro atoms. The third kappa shape index (κ3) is 2.91. The van der Waals surface area contributed by atoms with E-state index in [2.05, 4.69) is 0 Å². The number of fused-ring (bicyclic) bond motifs is 1. The van der Waals surface area contributed by atoms with E-state index in [9.17, 15) is 12.8 Å². The van der Waals surface area contributed by atoms with E-state index in [1.807, 2.05) is 28.9 Å². The van der Waals surface area contributed by atoms with Crippen molar-refractivity contribution < 1.29 is 12.8 Å². The third-order valence-corrected chi connectivity index (χ3v) is 6.41. The van der Waals surface area contributed by atoms with Crippen molar-refractivity contribution >= 4 is 31.4 Å². The van der Waals surface area contributed by atoms with Crippen LogP contribution in [0.5, 0.6) is 0 Å². The zero-order valence-corrected chi connectivity index (χ0v) is 14.5. The number of benzene rings is 1. The van der Waals surface area contributed by atoms with E-state index in [0.29, 0.717) is 11.9 Å². The Kier molecular flexibility index (Phi) is 4.27. The summed E-state index contributed by atoms with van der Waals surface area (Å²) >= 11 is 1.49. The second kappa shape index (κ2) is 6.07. The molecule has 7 heteroatoms. The Morgan fingerprint density at radius 3 is 2.61 bits per heavy atom. The third-order valence-electron chi connectivity index (χ3n) is 3.65. The highest BCUT2D eigenvalue weighted by molar-refractivity contribution is 7.91. The topological polar surface area (TPSA) is 42.3 Å². The molecule has 3 aromatic rings. The minimum absolute atomic E-state index is 0.164. The van der Waals surface area contributed by atoms with Crippen LogP contribution in [0.25, 0.3) is 10.2 Å². The van der Waals surface area contributed by atoms with Crippen LogP contribution in [0, 0.1) is 5.82 Å². The summed E-state index contributed by atoms with van der Waals surface area (Å²) in [5, 5.41) is 2.51. The summed E-state index contributed by atoms with van der Waals surface area (Å²) in [5.41, 5.74) is 0. The number of likely N-dealkylation sites (N-methyl/N-ethyl adjacent to an activating group) is 1. The lowest BCUT2D eigenvalue weighted by molar-refractivity contribution is 0.387. The Balaban J connectivity index is 2.13. The lowest BCUT2D eigenvalue weighted by Crippen LogP contribution is -2.17. The van der Waals surface area contributed by atoms with Crippen molar-refractivity contribution in [1.82, 2.24) is 9.47 Å². The first-order chi connectivity index (χ1) is 10.9. The number of hydrogen-bond acceptors (Lipinski definition) is 4. The maximum absolute atomic E-state index is 14.0. The Labute approximate surface area is 138 Å². The van der Waals surface area contributed by atoms with Crippen molar-refractivity contribution in [2.45, 2.75) is 16.3 Å². The summed E-state index contributed by atoms with van der Waals surface area (Å²) < 4.78 is 41.6. The van der Waals surface area contributed by atoms with Gasteiger partial charge < -0.3 is 9.47 Å². The van der Waals surface area contributed by atoms with Gasteiger partial charge in [0.2, 0.25) is 9.84 Å². The number of halogens is 1. The van der Waals surface area contributed by atoms with Crippen LogP contribution >= 0.6 is 11.3 Å². The van der Waals surface area contributed by atoms with Gasteiger partial charge in [-0.1, -0.05) is 12.1 Å². The van der Waals surface area contributed by atoms with Crippen LogP contribution in [0.2, 0.25) is 0 Å². The predicted molar refractivity (Wildman–Crippen MR) is 90.2 cm³/mol. The molecule has 0 saturated heterocycles. The molecule has 0 unspecified atom stereocenters. The maximum atomic E-state index is 14.0. The normalized spacial score (nSPS) is 12.3. The lowest BCUT2D eigenvalue weighted by Gasteiger charge is -2.10. The van der Waals surface area contributed by atoms with Crippen LogP contribution in [0.15, 0.2) is 51.7 Å². The summed E-state index contributed by atoms with van der Waals surface area (Å²) in [4.78, 5) is 2.81. The Hall–Kier alpha value is -1.70. The fraction of sp³-hybridized carbons (Fsp3) is 0.250. The quantitative estimate of drug-likeness (QED) is 0.708. The molecular formula is C16H17FN2O2S2. The number of rotatable bonds is 5. The number of sulfone groups is 1. The number of nitrogens with zero attached hydrogens (tertiary/aromatic N) is 2. The molecule has 23 heavy (non-hydrogen) atoms. The highest BCUT2D eigenvalue weighted by atomic mass is 32.2. The van der Waals surface area contributed by atoms with Gasteiger partial charge in [0.05, 0.1) is 4.90 Å². The molecule has 0 atom stereocenters. The van der Waals surface area contributed by atoms with Crippen LogP contribution in [0.1, 0.15) is 0 Å². The zero-order valence-electron chi connectivity index (χ0n) is 12.9. The van der Waals surface area contributed by atoms with Crippen molar-refractivity contribution in [3.8, 4) is 0 Å². The monoisotopic (exact) mass is 352 g/mol. The molecule has 0 saturated carbocycles. The summed E-state index contributed by atoms with van der Waals surface area (Å²) in [6.45, 7) is 1.47. The van der Waals surface area contributed by atoms with Crippen molar-refractivity contribution in [3.05, 3.63) is 47.7 Å². The fourth-order valence-electron chi connectivity index (χ4n) is 2.45. The molecule has 0 amide bonds. The molecule has 0 aliphatic rings. The van der Waals surface area contributed by atoms with Crippen LogP contribution in [-0.2, 0) is 16.4 Å². The van der Waals surface area contributed by atoms with E-state index in [0.717, 1.165) is 11.4 Å². The molecule has 4 nitrogen and oxygen atoms in total. The minimum atomic E-state index is -3.89. The first kappa shape index (κ1) is 16.2. The van der Waals surface area contributed by atoms with Crippen LogP contribution in [-0.4, -0.2) is 38.5 Å². The minimum Gasteiger partial charge on any atom is -0.337 e. The predicted octanol–water partition coefficient (Wildman–Crippen LogP) is 3.24. The van der Waals surface area contributed by atoms with E-state index in [1.54, 1.807) is 12.3 Å². The molecule has 0 radical (unpaired) electrons. The molecule has 0 aliphatic carbocycles. The molecule has 2 heterocycles. The summed E-state index contributed by atoms with van der Waals surface area (Å²) in [6.07, 6.45) is 1.62. The second-order valence-corrected chi connectivity index (χ2v) is 8.34. The van der Waals surface area contributed by atoms with E-state index >= 15 is 0 Å². The molecule has 0 N–H and O–H groups in total. The SMILES string of the molecule is CN(C)CCn1cc(S(=O)(=O)c2ccccc2F)c2ccsc21. The molecule has 0 fully saturated rings. The number of hydrogen-bond donors (Lipinski definition) is 0. The largest absolute Gasteiger partial charge is 0.337 e. The number of aromatic nitrogens is 1. The van der Waals surface area contributed by atoms with Crippen molar-refractivity contribution in [2.75, 3.05) is 20.6 Å². The lowest BCUT2D eigenvalue weighted by atomic mass is 10.3. The molecule has 2 aromatic heterocycles. The van der Waals surface area contributed by atoms with Gasteiger partial charge in [0, 0.05) is 24.7 Å². The summed E-state index contributed by atoms with van der Waals surface area (Å²) in [5.74, 6) is -0.725. The van der Waals surface area contributed by atoms with E-state index in [1.165, 1.54) is 35.6 Å². The second-order valence-electron chi connectivity index (χ2n) is 5.56. The van der Waals surface area contributed by atoms with Gasteiger partial charge in [-0.3, -0.25) is 0 Å². The van der Waals surface area contributed by atoms with Crippen LogP contribution < -0.4 is 0 Å². The fourth-order valence-corrected chi connectivity index (χ4v) is 4.97. The van der Waals surface area contributed by atoms with Crippen molar-refractivity contribution in [3.63, 3.8) is 0 Å². The average molecular weight is 352 g/mol. The van der Waals surface area contributed by atoms with Gasteiger partial charge in [-0.25, -0.2) is 12.8 Å². The smallest absolute Gasteiger partial charge is 0.211 e. The van der Waals surface area contributed by atoms with Crippen LogP contribution in [0.4, 0.5) is 4.39 Å². The van der Waals surface area contributed by atoms with Crippen molar-refractivity contribution in [1.29, 1.82) is 0 Å². The van der Waals surface area contributed by atoms with E-state index in [4.69, 9.17) is 0 Å². The highest BCUT2D eigenvalue weighted by Crippen LogP contribution is 2.33. The van der Waals surface area contributed by atoms with E-state index in [-0.39, 0.29) is 9.79 Å². The summed E-state index contributed by atoms with van der Waals surface area (Å²) in [7, 11) is 0.0421. The Morgan fingerprint density at radius 2 is 1.91 bits per heavy atom. The molecule has 0 aliphatic heterocycles. The first-order valence-corrected chi connectivity index (χ1v) is 9.48. The van der Waals surface area contributed by atoms with Gasteiger partial charge in [0.15, 0.2) is 0 Å². The standard InChI is InChI=1S/C16H17FN2O2S2/c1-18(2)8-9-19-11-15(12-7-10-22-16(12)19)23(20,21)14-6-4-3-5-13(14)17/h3-7,10-11H,8-9H2,1-2H3. The average Bonchev–Trinajstić information content (AvgIpc) is 3.07. The molecule has 0 bridgehead atoms. The highest BCUT2D eigenvalue weighted by Gasteiger charge is 2.26. The van der Waals surface area contributed by atoms with Gasteiger partial charge in [-0.2, -0.15) is 0 Å². The van der Waals surface area contributed by atoms with Gasteiger partial charge in [0.25, 0.3) is 0 Å². The molecule has 3 rings (SSSR count). The molecule has 122 valence electrons. The van der Waals surface area contributed by atoms with Crippen LogP contribution in [0.3, 0.4) is 0 Å². The summed E-state index contributed by atoms with van der Waals surface area (Å²) in [6, 6.07) is 7.27. The van der Waals surface area contributed by atoms with Gasteiger partial charge in [-0.15, -0.1) is 11.3 Å². The number of thiophene rings is 1. The Morgan fingerprint density at radius 1 is 1.17 bits per heavy atom. The Bertz CT molecular complexity index is 942. The maximum Gasteiger partial charge on any atom is 0.211 e. The first-order valence-electron chi connectivity index (χ1n) is 7.12.